The molecule has 2 atom stereocenters. The summed E-state index contributed by atoms with van der Waals surface area (Å²) in [6.07, 6.45) is 1.51. The second-order valence-corrected chi connectivity index (χ2v) is 11.7. The molecule has 4 aromatic rings. The Morgan fingerprint density at radius 2 is 1.35 bits per heavy atom. The summed E-state index contributed by atoms with van der Waals surface area (Å²) in [7, 11) is -4.29. The van der Waals surface area contributed by atoms with Crippen LogP contribution in [0.3, 0.4) is 0 Å². The lowest BCUT2D eigenvalue weighted by Crippen LogP contribution is -2.50. The number of carbonyl (C=O) groups excluding carboxylic acids is 2. The SMILES string of the molecule is O=C(NC(Cc1ccccc1)C(=O)NC(C=CS(=O)(=O)Oc1ccc([N+](=O)[O-])cc1)CCc1ccccc1)OCc1ccccc1. The fourth-order valence-electron chi connectivity index (χ4n) is 4.41. The highest BCUT2D eigenvalue weighted by atomic mass is 32.2. The summed E-state index contributed by atoms with van der Waals surface area (Å²) in [5.74, 6) is -0.654. The number of nitrogens with zero attached hydrogens (tertiary/aromatic N) is 1. The van der Waals surface area contributed by atoms with Crippen molar-refractivity contribution in [1.29, 1.82) is 0 Å². The molecule has 4 rings (SSSR count). The van der Waals surface area contributed by atoms with Crippen LogP contribution in [0.25, 0.3) is 0 Å². The van der Waals surface area contributed by atoms with E-state index in [1.54, 1.807) is 0 Å². The first-order chi connectivity index (χ1) is 22.2. The summed E-state index contributed by atoms with van der Waals surface area (Å²) in [4.78, 5) is 36.7. The van der Waals surface area contributed by atoms with Gasteiger partial charge in [-0.25, -0.2) is 4.79 Å². The van der Waals surface area contributed by atoms with Crippen molar-refractivity contribution in [2.24, 2.45) is 0 Å². The molecular weight excluding hydrogens is 610 g/mol. The molecule has 0 aliphatic carbocycles. The number of benzene rings is 4. The molecule has 0 aliphatic heterocycles. The lowest BCUT2D eigenvalue weighted by Gasteiger charge is -2.22. The molecule has 0 bridgehead atoms. The minimum Gasteiger partial charge on any atom is -0.445 e. The summed E-state index contributed by atoms with van der Waals surface area (Å²) in [6, 6.07) is 30.5. The first kappa shape index (κ1) is 33.4. The second kappa shape index (κ2) is 16.5. The molecule has 0 saturated carbocycles. The van der Waals surface area contributed by atoms with Crippen LogP contribution in [0, 0.1) is 10.1 Å². The maximum Gasteiger partial charge on any atom is 0.408 e. The first-order valence-electron chi connectivity index (χ1n) is 14.4. The smallest absolute Gasteiger partial charge is 0.408 e. The Morgan fingerprint density at radius 3 is 1.93 bits per heavy atom. The van der Waals surface area contributed by atoms with E-state index in [2.05, 4.69) is 10.6 Å². The van der Waals surface area contributed by atoms with E-state index in [1.807, 2.05) is 91.0 Å². The van der Waals surface area contributed by atoms with E-state index >= 15 is 0 Å². The van der Waals surface area contributed by atoms with E-state index in [4.69, 9.17) is 8.92 Å². The fourth-order valence-corrected chi connectivity index (χ4v) is 5.23. The number of amides is 2. The van der Waals surface area contributed by atoms with Crippen LogP contribution in [0.2, 0.25) is 0 Å². The summed E-state index contributed by atoms with van der Waals surface area (Å²) < 4.78 is 35.9. The molecule has 2 N–H and O–H groups in total. The zero-order valence-electron chi connectivity index (χ0n) is 24.7. The number of hydrogen-bond acceptors (Lipinski definition) is 8. The van der Waals surface area contributed by atoms with E-state index in [0.29, 0.717) is 12.8 Å². The second-order valence-electron chi connectivity index (χ2n) is 10.2. The number of ether oxygens (including phenoxy) is 1. The van der Waals surface area contributed by atoms with Crippen molar-refractivity contribution >= 4 is 27.8 Å². The molecule has 11 nitrogen and oxygen atoms in total. The van der Waals surface area contributed by atoms with Gasteiger partial charge in [0.25, 0.3) is 5.69 Å². The summed E-state index contributed by atoms with van der Waals surface area (Å²) in [5.41, 5.74) is 2.33. The highest BCUT2D eigenvalue weighted by Gasteiger charge is 2.24. The first-order valence-corrected chi connectivity index (χ1v) is 15.9. The largest absolute Gasteiger partial charge is 0.445 e. The van der Waals surface area contributed by atoms with Gasteiger partial charge >= 0.3 is 16.2 Å². The van der Waals surface area contributed by atoms with Gasteiger partial charge in [0.15, 0.2) is 0 Å². The summed E-state index contributed by atoms with van der Waals surface area (Å²) >= 11 is 0. The minimum absolute atomic E-state index is 0.0153. The molecule has 0 saturated heterocycles. The fraction of sp³-hybridized carbons (Fsp3) is 0.176. The van der Waals surface area contributed by atoms with E-state index in [0.717, 1.165) is 34.2 Å². The van der Waals surface area contributed by atoms with Crippen LogP contribution in [0.4, 0.5) is 10.5 Å². The number of alkyl carbamates (subject to hydrolysis) is 1. The molecule has 0 spiro atoms. The average Bonchev–Trinajstić information content (AvgIpc) is 3.06. The third-order valence-electron chi connectivity index (χ3n) is 6.76. The highest BCUT2D eigenvalue weighted by molar-refractivity contribution is 7.90. The van der Waals surface area contributed by atoms with E-state index in [1.165, 1.54) is 18.2 Å². The maximum absolute atomic E-state index is 13.6. The van der Waals surface area contributed by atoms with Gasteiger partial charge in [0.1, 0.15) is 18.4 Å². The molecule has 0 heterocycles. The van der Waals surface area contributed by atoms with Crippen molar-refractivity contribution in [3.8, 4) is 5.75 Å². The molecule has 0 fully saturated rings. The lowest BCUT2D eigenvalue weighted by atomic mass is 10.0. The van der Waals surface area contributed by atoms with Gasteiger partial charge in [0, 0.05) is 24.6 Å². The molecule has 4 aromatic carbocycles. The van der Waals surface area contributed by atoms with Crippen molar-refractivity contribution < 1.29 is 31.9 Å². The van der Waals surface area contributed by atoms with Crippen LogP contribution >= 0.6 is 0 Å². The van der Waals surface area contributed by atoms with Gasteiger partial charge in [-0.3, -0.25) is 14.9 Å². The third-order valence-corrected chi connectivity index (χ3v) is 7.67. The Kier molecular flexibility index (Phi) is 12.0. The molecule has 0 aromatic heterocycles. The molecule has 2 amide bonds. The number of nitrogens with one attached hydrogen (secondary N) is 2. The Hall–Kier alpha value is -5.49. The highest BCUT2D eigenvalue weighted by Crippen LogP contribution is 2.19. The molecule has 2 unspecified atom stereocenters. The van der Waals surface area contributed by atoms with Crippen LogP contribution < -0.4 is 14.8 Å². The van der Waals surface area contributed by atoms with Gasteiger partial charge in [0.2, 0.25) is 5.91 Å². The van der Waals surface area contributed by atoms with Gasteiger partial charge in [-0.05, 0) is 47.7 Å². The van der Waals surface area contributed by atoms with Gasteiger partial charge < -0.3 is 19.6 Å². The van der Waals surface area contributed by atoms with E-state index in [9.17, 15) is 28.1 Å². The zero-order chi connectivity index (χ0) is 32.8. The Morgan fingerprint density at radius 1 is 0.783 bits per heavy atom. The molecule has 238 valence electrons. The normalized spacial score (nSPS) is 12.5. The lowest BCUT2D eigenvalue weighted by molar-refractivity contribution is -0.384. The van der Waals surface area contributed by atoms with Crippen LogP contribution in [0.15, 0.2) is 127 Å². The van der Waals surface area contributed by atoms with Crippen molar-refractivity contribution in [3.63, 3.8) is 0 Å². The van der Waals surface area contributed by atoms with Crippen molar-refractivity contribution in [3.05, 3.63) is 154 Å². The monoisotopic (exact) mass is 643 g/mol. The summed E-state index contributed by atoms with van der Waals surface area (Å²) in [6.45, 7) is 0.0153. The number of rotatable bonds is 15. The van der Waals surface area contributed by atoms with Crippen LogP contribution in [-0.4, -0.2) is 37.4 Å². The van der Waals surface area contributed by atoms with E-state index in [-0.39, 0.29) is 24.5 Å². The van der Waals surface area contributed by atoms with Gasteiger partial charge in [-0.2, -0.15) is 8.42 Å². The maximum atomic E-state index is 13.6. The van der Waals surface area contributed by atoms with Gasteiger partial charge in [-0.15, -0.1) is 0 Å². The Bertz CT molecular complexity index is 1720. The predicted molar refractivity (Wildman–Crippen MR) is 172 cm³/mol. The van der Waals surface area contributed by atoms with Gasteiger partial charge in [0.05, 0.1) is 10.3 Å². The molecule has 12 heteroatoms. The number of hydrogen-bond donors (Lipinski definition) is 2. The van der Waals surface area contributed by atoms with Crippen LogP contribution in [0.5, 0.6) is 5.75 Å². The minimum atomic E-state index is -4.29. The third kappa shape index (κ3) is 11.2. The number of aryl methyl sites for hydroxylation is 1. The van der Waals surface area contributed by atoms with Crippen LogP contribution in [0.1, 0.15) is 23.1 Å². The average molecular weight is 644 g/mol. The standard InChI is InChI=1S/C34H33N3O8S/c38-33(32(24-27-12-6-2-7-13-27)36-34(39)44-25-28-14-8-3-9-15-28)35-29(17-16-26-10-4-1-5-11-26)22-23-46(42,43)45-31-20-18-30(19-21-31)37(40)41/h1-15,18-23,29,32H,16-17,24-25H2,(H,35,38)(H,36,39). The van der Waals surface area contributed by atoms with E-state index < -0.39 is 39.1 Å². The van der Waals surface area contributed by atoms with Crippen molar-refractivity contribution in [2.45, 2.75) is 38.0 Å². The molecular formula is C34H33N3O8S. The molecule has 0 radical (unpaired) electrons. The topological polar surface area (TPSA) is 154 Å². The zero-order valence-corrected chi connectivity index (χ0v) is 25.5. The molecule has 46 heavy (non-hydrogen) atoms. The van der Waals surface area contributed by atoms with Gasteiger partial charge in [-0.1, -0.05) is 91.0 Å². The number of nitro groups is 1. The quantitative estimate of drug-likeness (QED) is 0.0982. The number of non-ortho nitro benzene ring substituents is 1. The Balaban J connectivity index is 1.49. The van der Waals surface area contributed by atoms with Crippen LogP contribution in [-0.2, 0) is 39.1 Å². The predicted octanol–water partition coefficient (Wildman–Crippen LogP) is 5.47. The van der Waals surface area contributed by atoms with Crippen molar-refractivity contribution in [1.82, 2.24) is 10.6 Å². The van der Waals surface area contributed by atoms with Crippen molar-refractivity contribution in [2.75, 3.05) is 0 Å². The number of nitro benzene ring substituents is 1. The Labute approximate surface area is 267 Å². The number of carbonyl (C=O) groups is 2. The summed E-state index contributed by atoms with van der Waals surface area (Å²) in [5, 5.41) is 17.2. The molecule has 0 aliphatic rings.